The molecule has 0 aromatic rings. The molecule has 0 aliphatic rings. The molecular weight excluding hydrogens is 206 g/mol. The molecular formula is C7H17NO5Si. The van der Waals surface area contributed by atoms with Crippen LogP contribution in [0.1, 0.15) is 6.42 Å². The number of ether oxygens (including phenoxy) is 1. The molecule has 14 heavy (non-hydrogen) atoms. The lowest BCUT2D eigenvalue weighted by Gasteiger charge is -2.23. The normalized spacial score (nSPS) is 11.4. The summed E-state index contributed by atoms with van der Waals surface area (Å²) in [5, 5.41) is 0. The highest BCUT2D eigenvalue weighted by Crippen LogP contribution is 2.14. The lowest BCUT2D eigenvalue weighted by molar-refractivity contribution is 0.117. The van der Waals surface area contributed by atoms with Gasteiger partial charge in [0, 0.05) is 27.4 Å². The van der Waals surface area contributed by atoms with Crippen molar-refractivity contribution in [2.24, 2.45) is 5.73 Å². The predicted molar refractivity (Wildman–Crippen MR) is 51.7 cm³/mol. The Hall–Kier alpha value is -0.633. The van der Waals surface area contributed by atoms with Gasteiger partial charge in [0.25, 0.3) is 0 Å². The maximum Gasteiger partial charge on any atom is 0.500 e. The van der Waals surface area contributed by atoms with Crippen molar-refractivity contribution >= 4 is 14.9 Å². The smallest absolute Gasteiger partial charge is 0.450 e. The number of hydrogen-bond donors (Lipinski definition) is 1. The highest BCUT2D eigenvalue weighted by molar-refractivity contribution is 6.60. The Morgan fingerprint density at radius 1 is 1.21 bits per heavy atom. The maximum absolute atomic E-state index is 10.3. The zero-order valence-electron chi connectivity index (χ0n) is 8.74. The van der Waals surface area contributed by atoms with Gasteiger partial charge in [-0.15, -0.1) is 0 Å². The highest BCUT2D eigenvalue weighted by Gasteiger charge is 2.36. The van der Waals surface area contributed by atoms with Crippen LogP contribution in [-0.4, -0.2) is 42.8 Å². The number of rotatable bonds is 7. The van der Waals surface area contributed by atoms with Gasteiger partial charge in [-0.05, 0) is 6.42 Å². The number of carbonyl (C=O) groups is 1. The van der Waals surface area contributed by atoms with Gasteiger partial charge in [-0.25, -0.2) is 4.79 Å². The molecule has 0 bridgehead atoms. The van der Waals surface area contributed by atoms with Gasteiger partial charge >= 0.3 is 14.9 Å². The fourth-order valence-corrected chi connectivity index (χ4v) is 2.71. The van der Waals surface area contributed by atoms with E-state index in [1.54, 1.807) is 0 Å². The van der Waals surface area contributed by atoms with E-state index in [-0.39, 0.29) is 6.61 Å². The van der Waals surface area contributed by atoms with E-state index >= 15 is 0 Å². The molecule has 6 nitrogen and oxygen atoms in total. The lowest BCUT2D eigenvalue weighted by atomic mass is 10.5. The zero-order valence-corrected chi connectivity index (χ0v) is 9.74. The molecule has 0 rings (SSSR count). The molecule has 0 fully saturated rings. The van der Waals surface area contributed by atoms with Crippen molar-refractivity contribution in [1.82, 2.24) is 0 Å². The van der Waals surface area contributed by atoms with Crippen molar-refractivity contribution in [1.29, 1.82) is 0 Å². The fourth-order valence-electron chi connectivity index (χ4n) is 1.02. The molecule has 0 heterocycles. The molecule has 0 saturated heterocycles. The van der Waals surface area contributed by atoms with Gasteiger partial charge in [0.15, 0.2) is 0 Å². The summed E-state index contributed by atoms with van der Waals surface area (Å²) in [5.41, 5.74) is 4.80. The van der Waals surface area contributed by atoms with Crippen LogP contribution in [0.2, 0.25) is 6.04 Å². The van der Waals surface area contributed by atoms with Gasteiger partial charge in [-0.2, -0.15) is 0 Å². The molecule has 0 aromatic heterocycles. The molecule has 0 unspecified atom stereocenters. The van der Waals surface area contributed by atoms with Crippen LogP contribution in [0, 0.1) is 0 Å². The van der Waals surface area contributed by atoms with Crippen molar-refractivity contribution in [3.8, 4) is 0 Å². The Morgan fingerprint density at radius 2 is 1.71 bits per heavy atom. The average molecular weight is 223 g/mol. The van der Waals surface area contributed by atoms with Gasteiger partial charge in [-0.1, -0.05) is 0 Å². The monoisotopic (exact) mass is 223 g/mol. The van der Waals surface area contributed by atoms with Gasteiger partial charge in [-0.3, -0.25) is 0 Å². The molecule has 2 N–H and O–H groups in total. The van der Waals surface area contributed by atoms with E-state index in [2.05, 4.69) is 4.74 Å². The Bertz CT molecular complexity index is 165. The van der Waals surface area contributed by atoms with Crippen LogP contribution < -0.4 is 5.73 Å². The van der Waals surface area contributed by atoms with Crippen LogP contribution >= 0.6 is 0 Å². The van der Waals surface area contributed by atoms with Gasteiger partial charge in [0.05, 0.1) is 6.61 Å². The zero-order chi connectivity index (χ0) is 11.0. The lowest BCUT2D eigenvalue weighted by Crippen LogP contribution is -2.42. The number of carbonyl (C=O) groups excluding carboxylic acids is 1. The quantitative estimate of drug-likeness (QED) is 0.497. The average Bonchev–Trinajstić information content (AvgIpc) is 2.19. The maximum atomic E-state index is 10.3. The predicted octanol–water partition coefficient (Wildman–Crippen LogP) is 0.350. The molecule has 0 atom stereocenters. The second-order valence-corrected chi connectivity index (χ2v) is 5.66. The van der Waals surface area contributed by atoms with E-state index in [9.17, 15) is 4.79 Å². The Kier molecular flexibility index (Phi) is 6.46. The van der Waals surface area contributed by atoms with Crippen molar-refractivity contribution < 1.29 is 22.8 Å². The van der Waals surface area contributed by atoms with E-state index in [1.807, 2.05) is 0 Å². The summed E-state index contributed by atoms with van der Waals surface area (Å²) in [7, 11) is 2.09. The summed E-state index contributed by atoms with van der Waals surface area (Å²) >= 11 is 0. The fraction of sp³-hybridized carbons (Fsp3) is 0.857. The standard InChI is InChI=1S/C7H17NO5Si/c1-10-14(11-2,12-3)6-4-5-13-7(8)9/h4-6H2,1-3H3,(H2,8,9). The summed E-state index contributed by atoms with van der Waals surface area (Å²) in [6.07, 6.45) is -0.172. The van der Waals surface area contributed by atoms with Crippen LogP contribution in [0.15, 0.2) is 0 Å². The third-order valence-corrected chi connectivity index (χ3v) is 4.64. The topological polar surface area (TPSA) is 80.0 Å². The minimum absolute atomic E-state index is 0.250. The number of primary amides is 1. The van der Waals surface area contributed by atoms with Gasteiger partial charge < -0.3 is 23.7 Å². The van der Waals surface area contributed by atoms with Gasteiger partial charge in [0.1, 0.15) is 0 Å². The van der Waals surface area contributed by atoms with Crippen LogP contribution in [0.5, 0.6) is 0 Å². The summed E-state index contributed by atoms with van der Waals surface area (Å²) < 4.78 is 20.1. The first-order valence-electron chi connectivity index (χ1n) is 4.18. The number of hydrogen-bond acceptors (Lipinski definition) is 5. The van der Waals surface area contributed by atoms with Crippen LogP contribution in [0.25, 0.3) is 0 Å². The number of nitrogens with two attached hydrogens (primary N) is 1. The van der Waals surface area contributed by atoms with Crippen molar-refractivity contribution in [3.63, 3.8) is 0 Å². The minimum atomic E-state index is -2.52. The Balaban J connectivity index is 3.77. The summed E-state index contributed by atoms with van der Waals surface area (Å²) in [4.78, 5) is 10.3. The van der Waals surface area contributed by atoms with Crippen molar-refractivity contribution in [2.75, 3.05) is 27.9 Å². The molecule has 0 spiro atoms. The molecule has 0 radical (unpaired) electrons. The van der Waals surface area contributed by atoms with E-state index in [4.69, 9.17) is 19.0 Å². The van der Waals surface area contributed by atoms with Crippen molar-refractivity contribution in [3.05, 3.63) is 0 Å². The second-order valence-electron chi connectivity index (χ2n) is 2.57. The summed E-state index contributed by atoms with van der Waals surface area (Å²) in [5.74, 6) is 0. The Morgan fingerprint density at radius 3 is 2.07 bits per heavy atom. The van der Waals surface area contributed by atoms with Crippen LogP contribution in [0.4, 0.5) is 4.79 Å². The highest BCUT2D eigenvalue weighted by atomic mass is 28.4. The first kappa shape index (κ1) is 13.4. The van der Waals surface area contributed by atoms with Crippen LogP contribution in [-0.2, 0) is 18.0 Å². The molecule has 0 aromatic carbocycles. The molecule has 1 amide bonds. The molecule has 7 heteroatoms. The third-order valence-electron chi connectivity index (χ3n) is 1.80. The van der Waals surface area contributed by atoms with E-state index in [0.717, 1.165) is 0 Å². The minimum Gasteiger partial charge on any atom is -0.450 e. The van der Waals surface area contributed by atoms with Gasteiger partial charge in [0.2, 0.25) is 0 Å². The van der Waals surface area contributed by atoms with Crippen LogP contribution in [0.3, 0.4) is 0 Å². The summed E-state index contributed by atoms with van der Waals surface area (Å²) in [6, 6.07) is 0.587. The van der Waals surface area contributed by atoms with Crippen molar-refractivity contribution in [2.45, 2.75) is 12.5 Å². The van der Waals surface area contributed by atoms with E-state index in [0.29, 0.717) is 12.5 Å². The molecule has 0 aliphatic carbocycles. The molecule has 0 aliphatic heterocycles. The number of amides is 1. The Labute approximate surface area is 84.6 Å². The SMILES string of the molecule is CO[Si](CCCOC(N)=O)(OC)OC. The van der Waals surface area contributed by atoms with E-state index < -0.39 is 14.9 Å². The largest absolute Gasteiger partial charge is 0.500 e. The first-order chi connectivity index (χ1) is 6.60. The third kappa shape index (κ3) is 4.56. The summed E-state index contributed by atoms with van der Waals surface area (Å²) in [6.45, 7) is 0.250. The molecule has 0 saturated carbocycles. The molecule has 84 valence electrons. The first-order valence-corrected chi connectivity index (χ1v) is 6.11. The van der Waals surface area contributed by atoms with E-state index in [1.165, 1.54) is 21.3 Å². The second kappa shape index (κ2) is 6.77.